The third-order valence-electron chi connectivity index (χ3n) is 4.32. The van der Waals surface area contributed by atoms with Crippen LogP contribution < -0.4 is 5.32 Å². The zero-order valence-electron chi connectivity index (χ0n) is 14.4. The molecule has 5 nitrogen and oxygen atoms in total. The van der Waals surface area contributed by atoms with E-state index >= 15 is 0 Å². The van der Waals surface area contributed by atoms with Gasteiger partial charge in [0.15, 0.2) is 5.96 Å². The summed E-state index contributed by atoms with van der Waals surface area (Å²) in [6.07, 6.45) is 3.43. The summed E-state index contributed by atoms with van der Waals surface area (Å²) in [6.45, 7) is 7.49. The van der Waals surface area contributed by atoms with Gasteiger partial charge in [0.1, 0.15) is 6.10 Å². The molecule has 1 fully saturated rings. The Hall–Kier alpha value is -1.85. The number of nitrogens with zero attached hydrogens (tertiary/aromatic N) is 2. The molecule has 24 heavy (non-hydrogen) atoms. The molecule has 1 N–H and O–H groups in total. The van der Waals surface area contributed by atoms with Crippen molar-refractivity contribution in [1.82, 2.24) is 10.2 Å². The lowest BCUT2D eigenvalue weighted by Crippen LogP contribution is -2.44. The van der Waals surface area contributed by atoms with Gasteiger partial charge in [0.05, 0.1) is 26.4 Å². The first-order chi connectivity index (χ1) is 11.9. The molecule has 0 aliphatic carbocycles. The minimum atomic E-state index is 0.0765. The highest BCUT2D eigenvalue weighted by atomic mass is 16.6. The smallest absolute Gasteiger partial charge is 0.194 e. The van der Waals surface area contributed by atoms with Crippen LogP contribution in [0.15, 0.2) is 41.4 Å². The van der Waals surface area contributed by atoms with Crippen LogP contribution in [0.5, 0.6) is 0 Å². The zero-order chi connectivity index (χ0) is 16.6. The SMILES string of the molecule is CCNC(=NCC1COCCO1)N1CC=C(c2ccccc2)CC1. The molecule has 3 rings (SSSR count). The van der Waals surface area contributed by atoms with Crippen molar-refractivity contribution in [2.75, 3.05) is 46.0 Å². The van der Waals surface area contributed by atoms with Gasteiger partial charge in [-0.1, -0.05) is 36.4 Å². The van der Waals surface area contributed by atoms with E-state index < -0.39 is 0 Å². The Morgan fingerprint density at radius 1 is 1.29 bits per heavy atom. The van der Waals surface area contributed by atoms with Gasteiger partial charge in [0, 0.05) is 19.6 Å². The summed E-state index contributed by atoms with van der Waals surface area (Å²) < 4.78 is 11.1. The molecule has 1 aromatic rings. The number of nitrogens with one attached hydrogen (secondary N) is 1. The van der Waals surface area contributed by atoms with Crippen molar-refractivity contribution in [2.45, 2.75) is 19.4 Å². The Bertz CT molecular complexity index is 565. The van der Waals surface area contributed by atoms with Gasteiger partial charge < -0.3 is 19.7 Å². The lowest BCUT2D eigenvalue weighted by Gasteiger charge is -2.30. The molecule has 1 aromatic carbocycles. The van der Waals surface area contributed by atoms with Crippen molar-refractivity contribution < 1.29 is 9.47 Å². The molecule has 130 valence electrons. The number of hydrogen-bond donors (Lipinski definition) is 1. The largest absolute Gasteiger partial charge is 0.376 e. The van der Waals surface area contributed by atoms with Crippen molar-refractivity contribution >= 4 is 11.5 Å². The molecule has 5 heteroatoms. The standard InChI is InChI=1S/C19H27N3O2/c1-2-20-19(21-14-18-15-23-12-13-24-18)22-10-8-17(9-11-22)16-6-4-3-5-7-16/h3-8,18H,2,9-15H2,1H3,(H,20,21). The third kappa shape index (κ3) is 4.58. The van der Waals surface area contributed by atoms with E-state index in [9.17, 15) is 0 Å². The van der Waals surface area contributed by atoms with Gasteiger partial charge in [-0.05, 0) is 24.5 Å². The van der Waals surface area contributed by atoms with Crippen LogP contribution >= 0.6 is 0 Å². The fourth-order valence-corrected chi connectivity index (χ4v) is 3.03. The number of ether oxygens (including phenoxy) is 2. The van der Waals surface area contributed by atoms with Crippen LogP contribution in [0, 0.1) is 0 Å². The Labute approximate surface area is 144 Å². The molecule has 1 saturated heterocycles. The molecule has 0 aromatic heterocycles. The molecule has 0 spiro atoms. The van der Waals surface area contributed by atoms with Crippen molar-refractivity contribution in [3.63, 3.8) is 0 Å². The molecule has 2 aliphatic heterocycles. The predicted octanol–water partition coefficient (Wildman–Crippen LogP) is 2.16. The van der Waals surface area contributed by atoms with E-state index in [0.29, 0.717) is 26.4 Å². The maximum atomic E-state index is 5.68. The summed E-state index contributed by atoms with van der Waals surface area (Å²) in [5.74, 6) is 0.968. The highest BCUT2D eigenvalue weighted by Gasteiger charge is 2.18. The fraction of sp³-hybridized carbons (Fsp3) is 0.526. The molecule has 0 bridgehead atoms. The van der Waals surface area contributed by atoms with E-state index in [4.69, 9.17) is 14.5 Å². The van der Waals surface area contributed by atoms with E-state index in [2.05, 4.69) is 53.5 Å². The maximum Gasteiger partial charge on any atom is 0.194 e. The number of aliphatic imine (C=N–C) groups is 1. The average Bonchev–Trinajstić information content (AvgIpc) is 2.67. The van der Waals surface area contributed by atoms with Crippen molar-refractivity contribution in [3.8, 4) is 0 Å². The van der Waals surface area contributed by atoms with E-state index in [1.54, 1.807) is 0 Å². The lowest BCUT2D eigenvalue weighted by molar-refractivity contribution is -0.0833. The number of benzene rings is 1. The molecule has 2 aliphatic rings. The fourth-order valence-electron chi connectivity index (χ4n) is 3.03. The Morgan fingerprint density at radius 3 is 2.83 bits per heavy atom. The number of hydrogen-bond acceptors (Lipinski definition) is 3. The monoisotopic (exact) mass is 329 g/mol. The summed E-state index contributed by atoms with van der Waals surface area (Å²) >= 11 is 0. The zero-order valence-corrected chi connectivity index (χ0v) is 14.4. The van der Waals surface area contributed by atoms with Crippen LogP contribution in [0.4, 0.5) is 0 Å². The van der Waals surface area contributed by atoms with E-state index in [1.807, 2.05) is 0 Å². The first-order valence-corrected chi connectivity index (χ1v) is 8.84. The van der Waals surface area contributed by atoms with Crippen LogP contribution in [-0.4, -0.2) is 63.0 Å². The van der Waals surface area contributed by atoms with Gasteiger partial charge in [-0.3, -0.25) is 4.99 Å². The molecular formula is C19H27N3O2. The van der Waals surface area contributed by atoms with Gasteiger partial charge in [-0.25, -0.2) is 0 Å². The van der Waals surface area contributed by atoms with E-state index in [-0.39, 0.29) is 6.10 Å². The van der Waals surface area contributed by atoms with Gasteiger partial charge in [-0.15, -0.1) is 0 Å². The van der Waals surface area contributed by atoms with Crippen LogP contribution in [0.2, 0.25) is 0 Å². The minimum absolute atomic E-state index is 0.0765. The predicted molar refractivity (Wildman–Crippen MR) is 97.1 cm³/mol. The van der Waals surface area contributed by atoms with Gasteiger partial charge in [-0.2, -0.15) is 0 Å². The number of guanidine groups is 1. The summed E-state index contributed by atoms with van der Waals surface area (Å²) in [5.41, 5.74) is 2.75. The number of rotatable bonds is 4. The second-order valence-electron chi connectivity index (χ2n) is 6.05. The van der Waals surface area contributed by atoms with Gasteiger partial charge in [0.25, 0.3) is 0 Å². The summed E-state index contributed by atoms with van der Waals surface area (Å²) in [6, 6.07) is 10.6. The highest BCUT2D eigenvalue weighted by molar-refractivity contribution is 5.81. The Kier molecular flexibility index (Phi) is 6.26. The lowest BCUT2D eigenvalue weighted by atomic mass is 10.00. The summed E-state index contributed by atoms with van der Waals surface area (Å²) in [4.78, 5) is 7.06. The first-order valence-electron chi connectivity index (χ1n) is 8.84. The van der Waals surface area contributed by atoms with Crippen LogP contribution in [0.3, 0.4) is 0 Å². The Balaban J connectivity index is 1.61. The van der Waals surface area contributed by atoms with Crippen molar-refractivity contribution in [3.05, 3.63) is 42.0 Å². The second-order valence-corrected chi connectivity index (χ2v) is 6.05. The maximum absolute atomic E-state index is 5.68. The highest BCUT2D eigenvalue weighted by Crippen LogP contribution is 2.22. The average molecular weight is 329 g/mol. The van der Waals surface area contributed by atoms with Gasteiger partial charge in [0.2, 0.25) is 0 Å². The van der Waals surface area contributed by atoms with E-state index in [0.717, 1.165) is 32.0 Å². The molecule has 1 unspecified atom stereocenters. The van der Waals surface area contributed by atoms with Gasteiger partial charge >= 0.3 is 0 Å². The topological polar surface area (TPSA) is 46.1 Å². The molecule has 1 atom stereocenters. The van der Waals surface area contributed by atoms with Crippen LogP contribution in [0.1, 0.15) is 18.9 Å². The van der Waals surface area contributed by atoms with E-state index in [1.165, 1.54) is 11.1 Å². The van der Waals surface area contributed by atoms with Crippen molar-refractivity contribution in [2.24, 2.45) is 4.99 Å². The molecule has 0 radical (unpaired) electrons. The molecule has 2 heterocycles. The molecule has 0 amide bonds. The molecule has 0 saturated carbocycles. The van der Waals surface area contributed by atoms with Crippen LogP contribution in [0.25, 0.3) is 5.57 Å². The van der Waals surface area contributed by atoms with Crippen LogP contribution in [-0.2, 0) is 9.47 Å². The normalized spacial score (nSPS) is 22.2. The first kappa shape index (κ1) is 17.0. The summed E-state index contributed by atoms with van der Waals surface area (Å²) in [7, 11) is 0. The van der Waals surface area contributed by atoms with Crippen molar-refractivity contribution in [1.29, 1.82) is 0 Å². The molecular weight excluding hydrogens is 302 g/mol. The minimum Gasteiger partial charge on any atom is -0.376 e. The quantitative estimate of drug-likeness (QED) is 0.679. The Morgan fingerprint density at radius 2 is 2.17 bits per heavy atom. The summed E-state index contributed by atoms with van der Waals surface area (Å²) in [5, 5.41) is 3.40. The second kappa shape index (κ2) is 8.85. The third-order valence-corrected chi connectivity index (χ3v) is 4.32.